The first kappa shape index (κ1) is 17.7. The summed E-state index contributed by atoms with van der Waals surface area (Å²) in [7, 11) is 0. The molecular formula is C18H30N2O4. The van der Waals surface area contributed by atoms with Gasteiger partial charge in [-0.3, -0.25) is 14.5 Å². The molecule has 136 valence electrons. The molecule has 24 heavy (non-hydrogen) atoms. The summed E-state index contributed by atoms with van der Waals surface area (Å²) in [6.07, 6.45) is 6.40. The predicted octanol–water partition coefficient (Wildman–Crippen LogP) is 1.48. The Bertz CT molecular complexity index is 438. The second kappa shape index (κ2) is 8.30. The van der Waals surface area contributed by atoms with Crippen LogP contribution in [0.25, 0.3) is 0 Å². The average molecular weight is 338 g/mol. The molecule has 0 unspecified atom stereocenters. The van der Waals surface area contributed by atoms with Gasteiger partial charge in [0.25, 0.3) is 0 Å². The quantitative estimate of drug-likeness (QED) is 0.743. The number of carbonyl (C=O) groups excluding carboxylic acids is 2. The van der Waals surface area contributed by atoms with E-state index in [0.29, 0.717) is 6.04 Å². The lowest BCUT2D eigenvalue weighted by atomic mass is 9.87. The summed E-state index contributed by atoms with van der Waals surface area (Å²) >= 11 is 0. The normalized spacial score (nSPS) is 29.7. The molecule has 2 aliphatic carbocycles. The second-order valence-electron chi connectivity index (χ2n) is 7.48. The third-order valence-electron chi connectivity index (χ3n) is 5.52. The zero-order chi connectivity index (χ0) is 16.9. The molecule has 1 amide bonds. The van der Waals surface area contributed by atoms with E-state index in [0.717, 1.165) is 64.8 Å². The van der Waals surface area contributed by atoms with E-state index in [-0.39, 0.29) is 36.4 Å². The van der Waals surface area contributed by atoms with Crippen LogP contribution in [0.15, 0.2) is 0 Å². The van der Waals surface area contributed by atoms with Gasteiger partial charge < -0.3 is 14.8 Å². The number of carbonyl (C=O) groups is 2. The first-order valence-corrected chi connectivity index (χ1v) is 9.43. The summed E-state index contributed by atoms with van der Waals surface area (Å²) in [4.78, 5) is 26.5. The minimum absolute atomic E-state index is 0.0445. The Labute approximate surface area is 144 Å². The molecule has 0 spiro atoms. The van der Waals surface area contributed by atoms with Crippen molar-refractivity contribution in [3.05, 3.63) is 0 Å². The smallest absolute Gasteiger partial charge is 0.308 e. The molecule has 0 aromatic carbocycles. The number of nitrogens with zero attached hydrogens (tertiary/aromatic N) is 1. The van der Waals surface area contributed by atoms with E-state index in [1.54, 1.807) is 0 Å². The Morgan fingerprint density at radius 1 is 1.21 bits per heavy atom. The lowest BCUT2D eigenvalue weighted by molar-refractivity contribution is -0.158. The van der Waals surface area contributed by atoms with E-state index in [4.69, 9.17) is 9.47 Å². The van der Waals surface area contributed by atoms with Crippen molar-refractivity contribution in [2.45, 2.75) is 70.1 Å². The van der Waals surface area contributed by atoms with Crippen LogP contribution in [-0.4, -0.2) is 61.3 Å². The van der Waals surface area contributed by atoms with Crippen LogP contribution < -0.4 is 5.32 Å². The summed E-state index contributed by atoms with van der Waals surface area (Å²) in [6, 6.07) is 0.381. The van der Waals surface area contributed by atoms with Gasteiger partial charge in [-0.15, -0.1) is 0 Å². The SMILES string of the molecule is C[C@H](CC(=O)OC1CC(N2CCOCC2)C1)NC(=O)C1CCCC1. The molecule has 0 aromatic rings. The molecule has 1 atom stereocenters. The van der Waals surface area contributed by atoms with Crippen LogP contribution in [0.3, 0.4) is 0 Å². The van der Waals surface area contributed by atoms with Gasteiger partial charge in [0.05, 0.1) is 19.6 Å². The van der Waals surface area contributed by atoms with Crippen molar-refractivity contribution >= 4 is 11.9 Å². The topological polar surface area (TPSA) is 67.9 Å². The van der Waals surface area contributed by atoms with E-state index in [1.807, 2.05) is 6.92 Å². The van der Waals surface area contributed by atoms with E-state index < -0.39 is 0 Å². The fourth-order valence-electron chi connectivity index (χ4n) is 3.96. The maximum atomic E-state index is 12.1. The Kier molecular flexibility index (Phi) is 6.11. The average Bonchev–Trinajstić information content (AvgIpc) is 3.05. The van der Waals surface area contributed by atoms with Gasteiger partial charge in [0, 0.05) is 43.9 Å². The third-order valence-corrected chi connectivity index (χ3v) is 5.52. The van der Waals surface area contributed by atoms with Crippen LogP contribution >= 0.6 is 0 Å². The lowest BCUT2D eigenvalue weighted by Gasteiger charge is -2.43. The first-order valence-electron chi connectivity index (χ1n) is 9.43. The standard InChI is InChI=1S/C18H30N2O4/c1-13(19-18(22)14-4-2-3-5-14)10-17(21)24-16-11-15(12-16)20-6-8-23-9-7-20/h13-16H,2-12H2,1H3,(H,19,22)/t13-,15?,16?/m1/s1. The van der Waals surface area contributed by atoms with Crippen molar-refractivity contribution in [2.24, 2.45) is 5.92 Å². The monoisotopic (exact) mass is 338 g/mol. The molecule has 1 N–H and O–H groups in total. The number of rotatable bonds is 6. The van der Waals surface area contributed by atoms with Crippen molar-refractivity contribution in [3.8, 4) is 0 Å². The van der Waals surface area contributed by atoms with Gasteiger partial charge in [0.1, 0.15) is 6.10 Å². The number of amides is 1. The van der Waals surface area contributed by atoms with Gasteiger partial charge in [-0.05, 0) is 19.8 Å². The van der Waals surface area contributed by atoms with Crippen LogP contribution in [0.2, 0.25) is 0 Å². The van der Waals surface area contributed by atoms with Crippen LogP contribution in [0.4, 0.5) is 0 Å². The maximum Gasteiger partial charge on any atom is 0.308 e. The van der Waals surface area contributed by atoms with Gasteiger partial charge in [0.2, 0.25) is 5.91 Å². The molecule has 1 heterocycles. The summed E-state index contributed by atoms with van der Waals surface area (Å²) in [6.45, 7) is 5.45. The Morgan fingerprint density at radius 2 is 1.88 bits per heavy atom. The fourth-order valence-corrected chi connectivity index (χ4v) is 3.96. The highest BCUT2D eigenvalue weighted by molar-refractivity contribution is 5.80. The van der Waals surface area contributed by atoms with Gasteiger partial charge in [-0.25, -0.2) is 0 Å². The molecule has 2 saturated carbocycles. The molecule has 3 rings (SSSR count). The molecule has 3 fully saturated rings. The molecule has 0 bridgehead atoms. The molecule has 6 heteroatoms. The second-order valence-corrected chi connectivity index (χ2v) is 7.48. The zero-order valence-corrected chi connectivity index (χ0v) is 14.7. The van der Waals surface area contributed by atoms with Crippen LogP contribution in [0.1, 0.15) is 51.9 Å². The first-order chi connectivity index (χ1) is 11.6. The largest absolute Gasteiger partial charge is 0.462 e. The highest BCUT2D eigenvalue weighted by Crippen LogP contribution is 2.29. The Balaban J connectivity index is 1.30. The maximum absolute atomic E-state index is 12.1. The molecule has 1 saturated heterocycles. The predicted molar refractivity (Wildman–Crippen MR) is 89.5 cm³/mol. The molecule has 1 aliphatic heterocycles. The third kappa shape index (κ3) is 4.70. The number of esters is 1. The van der Waals surface area contributed by atoms with E-state index in [2.05, 4.69) is 10.2 Å². The van der Waals surface area contributed by atoms with Gasteiger partial charge in [-0.1, -0.05) is 12.8 Å². The highest BCUT2D eigenvalue weighted by Gasteiger charge is 2.36. The molecule has 0 radical (unpaired) electrons. The minimum Gasteiger partial charge on any atom is -0.462 e. The summed E-state index contributed by atoms with van der Waals surface area (Å²) in [5.41, 5.74) is 0. The zero-order valence-electron chi connectivity index (χ0n) is 14.7. The number of hydrogen-bond acceptors (Lipinski definition) is 5. The van der Waals surface area contributed by atoms with Gasteiger partial charge >= 0.3 is 5.97 Å². The molecule has 3 aliphatic rings. The van der Waals surface area contributed by atoms with Gasteiger partial charge in [-0.2, -0.15) is 0 Å². The summed E-state index contributed by atoms with van der Waals surface area (Å²) in [5.74, 6) is 0.0489. The Morgan fingerprint density at radius 3 is 2.54 bits per heavy atom. The summed E-state index contributed by atoms with van der Waals surface area (Å²) < 4.78 is 10.9. The number of morpholine rings is 1. The van der Waals surface area contributed by atoms with Crippen LogP contribution in [0.5, 0.6) is 0 Å². The van der Waals surface area contributed by atoms with Crippen molar-refractivity contribution in [1.29, 1.82) is 0 Å². The molecule has 0 aromatic heterocycles. The van der Waals surface area contributed by atoms with Crippen molar-refractivity contribution in [2.75, 3.05) is 26.3 Å². The van der Waals surface area contributed by atoms with Crippen LogP contribution in [0, 0.1) is 5.92 Å². The number of hydrogen-bond donors (Lipinski definition) is 1. The van der Waals surface area contributed by atoms with E-state index in [1.165, 1.54) is 0 Å². The van der Waals surface area contributed by atoms with Crippen LogP contribution in [-0.2, 0) is 19.1 Å². The van der Waals surface area contributed by atoms with E-state index >= 15 is 0 Å². The lowest BCUT2D eigenvalue weighted by Crippen LogP contribution is -2.52. The van der Waals surface area contributed by atoms with Gasteiger partial charge in [0.15, 0.2) is 0 Å². The molecule has 6 nitrogen and oxygen atoms in total. The minimum atomic E-state index is -0.195. The highest BCUT2D eigenvalue weighted by atomic mass is 16.5. The Hall–Kier alpha value is -1.14. The number of ether oxygens (including phenoxy) is 2. The van der Waals surface area contributed by atoms with E-state index in [9.17, 15) is 9.59 Å². The molecular weight excluding hydrogens is 308 g/mol. The number of nitrogens with one attached hydrogen (secondary N) is 1. The summed E-state index contributed by atoms with van der Waals surface area (Å²) in [5, 5.41) is 2.96. The fraction of sp³-hybridized carbons (Fsp3) is 0.889. The van der Waals surface area contributed by atoms with Crippen molar-refractivity contribution in [3.63, 3.8) is 0 Å². The van der Waals surface area contributed by atoms with Crippen molar-refractivity contribution in [1.82, 2.24) is 10.2 Å². The van der Waals surface area contributed by atoms with Crippen molar-refractivity contribution < 1.29 is 19.1 Å².